The smallest absolute Gasteiger partial charge is 0.416 e. The predicted molar refractivity (Wildman–Crippen MR) is 271 cm³/mol. The highest BCUT2D eigenvalue weighted by Crippen LogP contribution is 2.39. The van der Waals surface area contributed by atoms with Gasteiger partial charge in [0.2, 0.25) is 0 Å². The van der Waals surface area contributed by atoms with Crippen molar-refractivity contribution in [2.24, 2.45) is 0 Å². The van der Waals surface area contributed by atoms with Crippen LogP contribution in [0.15, 0.2) is 152 Å². The molecule has 9 rings (SSSR count). The van der Waals surface area contributed by atoms with Gasteiger partial charge >= 0.3 is 12.4 Å². The fraction of sp³-hybridized carbons (Fsp3) is 0.196. The molecule has 4 N–H and O–H groups in total. The van der Waals surface area contributed by atoms with Crippen LogP contribution in [-0.2, 0) is 44.8 Å². The van der Waals surface area contributed by atoms with E-state index in [1.165, 1.54) is 49.6 Å². The number of rotatable bonds is 10. The van der Waals surface area contributed by atoms with Crippen molar-refractivity contribution < 1.29 is 45.4 Å². The van der Waals surface area contributed by atoms with E-state index in [-0.39, 0.29) is 11.8 Å². The maximum atomic E-state index is 13.4. The summed E-state index contributed by atoms with van der Waals surface area (Å²) >= 11 is 5.63. The minimum Gasteiger partial charge on any atom is -0.496 e. The Morgan fingerprint density at radius 2 is 1.10 bits per heavy atom. The van der Waals surface area contributed by atoms with Gasteiger partial charge in [-0.25, -0.2) is 0 Å². The quantitative estimate of drug-likeness (QED) is 0.0794. The van der Waals surface area contributed by atoms with E-state index in [9.17, 15) is 35.9 Å². The molecule has 0 bridgehead atoms. The van der Waals surface area contributed by atoms with Gasteiger partial charge in [-0.15, -0.1) is 0 Å². The van der Waals surface area contributed by atoms with E-state index in [0.717, 1.165) is 73.4 Å². The highest BCUT2D eigenvalue weighted by molar-refractivity contribution is 7.80. The van der Waals surface area contributed by atoms with Crippen molar-refractivity contribution in [3.05, 3.63) is 202 Å². The maximum absolute atomic E-state index is 13.4. The number of thiocarbonyl (C=S) groups is 1. The zero-order chi connectivity index (χ0) is 51.0. The van der Waals surface area contributed by atoms with Crippen LogP contribution >= 0.6 is 12.2 Å². The summed E-state index contributed by atoms with van der Waals surface area (Å²) in [4.78, 5) is 28.7. The van der Waals surface area contributed by atoms with Crippen molar-refractivity contribution in [1.82, 2.24) is 15.5 Å². The van der Waals surface area contributed by atoms with Crippen LogP contribution in [0.25, 0.3) is 22.3 Å². The molecule has 2 heterocycles. The van der Waals surface area contributed by atoms with Gasteiger partial charge in [-0.3, -0.25) is 9.59 Å². The number of anilines is 2. The molecule has 72 heavy (non-hydrogen) atoms. The molecule has 0 aliphatic carbocycles. The molecule has 16 heteroatoms. The van der Waals surface area contributed by atoms with Crippen molar-refractivity contribution in [1.29, 1.82) is 0 Å². The first-order valence-corrected chi connectivity index (χ1v) is 23.3. The average molecular weight is 1000 g/mol. The molecule has 0 spiro atoms. The Hall–Kier alpha value is -7.69. The van der Waals surface area contributed by atoms with E-state index in [4.69, 9.17) is 21.7 Å². The molecule has 9 nitrogen and oxygen atoms in total. The molecule has 0 aromatic heterocycles. The van der Waals surface area contributed by atoms with Gasteiger partial charge in [0.05, 0.1) is 36.5 Å². The number of hydrogen-bond donors (Lipinski definition) is 4. The van der Waals surface area contributed by atoms with Crippen molar-refractivity contribution in [2.75, 3.05) is 37.9 Å². The number of halogens is 6. The number of alkyl halides is 6. The SMILES string of the molecule is COc1cccc(C(=O)Nc2ccc3c(c2)CCN(C(=S)NCc2ccccc2)C3)c1-c1ccc(C(F)(F)F)cc1.COc1cccc(C(=O)Nc2ccc3c(c2)CCNC3)c1-c1ccc(C(F)(F)F)cc1. The van der Waals surface area contributed by atoms with Crippen LogP contribution in [0.1, 0.15) is 59.7 Å². The molecule has 0 fully saturated rings. The van der Waals surface area contributed by atoms with Crippen LogP contribution in [-0.4, -0.2) is 49.1 Å². The second kappa shape index (κ2) is 22.2. The Labute approximate surface area is 418 Å². The second-order valence-electron chi connectivity index (χ2n) is 17.0. The van der Waals surface area contributed by atoms with E-state index in [1.54, 1.807) is 36.4 Å². The number of nitrogens with zero attached hydrogens (tertiary/aromatic N) is 1. The van der Waals surface area contributed by atoms with E-state index < -0.39 is 23.5 Å². The largest absolute Gasteiger partial charge is 0.496 e. The Morgan fingerprint density at radius 1 is 0.597 bits per heavy atom. The number of fused-ring (bicyclic) bond motifs is 2. The van der Waals surface area contributed by atoms with Crippen molar-refractivity contribution in [2.45, 2.75) is 44.8 Å². The molecule has 7 aromatic rings. The zero-order valence-corrected chi connectivity index (χ0v) is 40.0. The lowest BCUT2D eigenvalue weighted by Gasteiger charge is -2.31. The first-order chi connectivity index (χ1) is 34.6. The molecule has 2 amide bonds. The summed E-state index contributed by atoms with van der Waals surface area (Å²) in [6.07, 6.45) is -7.23. The third-order valence-corrected chi connectivity index (χ3v) is 12.8. The lowest BCUT2D eigenvalue weighted by atomic mass is 9.96. The number of carbonyl (C=O) groups excluding carboxylic acids is 2. The van der Waals surface area contributed by atoms with E-state index in [0.29, 0.717) is 74.5 Å². The summed E-state index contributed by atoms with van der Waals surface area (Å²) < 4.78 is 89.0. The summed E-state index contributed by atoms with van der Waals surface area (Å²) in [5.41, 5.74) is 7.99. The van der Waals surface area contributed by atoms with Gasteiger partial charge in [-0.05, 0) is 143 Å². The van der Waals surface area contributed by atoms with Gasteiger partial charge < -0.3 is 35.6 Å². The Morgan fingerprint density at radius 3 is 1.60 bits per heavy atom. The topological polar surface area (TPSA) is 104 Å². The van der Waals surface area contributed by atoms with Crippen molar-refractivity contribution in [3.8, 4) is 33.8 Å². The van der Waals surface area contributed by atoms with Gasteiger partial charge in [-0.2, -0.15) is 26.3 Å². The van der Waals surface area contributed by atoms with E-state index in [1.807, 2.05) is 54.6 Å². The molecule has 0 atom stereocenters. The van der Waals surface area contributed by atoms with Gasteiger partial charge in [0, 0.05) is 48.7 Å². The summed E-state index contributed by atoms with van der Waals surface area (Å²) in [6, 6.07) is 41.0. The predicted octanol–water partition coefficient (Wildman–Crippen LogP) is 12.3. The molecule has 0 saturated heterocycles. The molecular weight excluding hydrogens is 953 g/mol. The molecule has 0 unspecified atom stereocenters. The molecule has 370 valence electrons. The number of hydrogen-bond acceptors (Lipinski definition) is 6. The van der Waals surface area contributed by atoms with Crippen LogP contribution in [0.4, 0.5) is 37.7 Å². The number of methoxy groups -OCH3 is 2. The first-order valence-electron chi connectivity index (χ1n) is 22.9. The number of carbonyl (C=O) groups is 2. The number of amides is 2. The van der Waals surface area contributed by atoms with Crippen molar-refractivity contribution in [3.63, 3.8) is 0 Å². The minimum atomic E-state index is -4.45. The summed E-state index contributed by atoms with van der Waals surface area (Å²) in [7, 11) is 2.92. The highest BCUT2D eigenvalue weighted by atomic mass is 32.1. The monoisotopic (exact) mass is 1000 g/mol. The maximum Gasteiger partial charge on any atom is 0.416 e. The molecule has 2 aliphatic heterocycles. The zero-order valence-electron chi connectivity index (χ0n) is 39.1. The van der Waals surface area contributed by atoms with E-state index >= 15 is 0 Å². The minimum absolute atomic E-state index is 0.294. The number of benzene rings is 7. The number of nitrogens with one attached hydrogen (secondary N) is 4. The standard InChI is InChI=1S/C32H28F3N3O2S.C24H21F3N2O2/c1-40-28-9-5-8-27(29(28)22-10-13-25(14-11-22)32(33,34)35)30(39)37-26-15-12-24-20-38(17-16-23(24)18-26)31(41)36-19-21-6-3-2-4-7-21;1-31-21-4-2-3-20(22(21)15-5-8-18(9-6-15)24(25,26)27)23(30)29-19-10-7-17-14-28-12-11-16(17)13-19/h2-15,18H,16-17,19-20H2,1H3,(H,36,41)(H,37,39);2-10,13,28H,11-12,14H2,1H3,(H,29,30). The second-order valence-corrected chi connectivity index (χ2v) is 17.4. The molecule has 2 aliphatic rings. The van der Waals surface area contributed by atoms with Crippen LogP contribution in [0.5, 0.6) is 11.5 Å². The van der Waals surface area contributed by atoms with E-state index in [2.05, 4.69) is 38.3 Å². The third kappa shape index (κ3) is 12.1. The van der Waals surface area contributed by atoms with Crippen LogP contribution < -0.4 is 30.7 Å². The molecule has 0 radical (unpaired) electrons. The normalized spacial score (nSPS) is 13.1. The lowest BCUT2D eigenvalue weighted by Crippen LogP contribution is -2.42. The van der Waals surface area contributed by atoms with Gasteiger partial charge in [-0.1, -0.05) is 78.9 Å². The van der Waals surface area contributed by atoms with Crippen molar-refractivity contribution >= 4 is 40.5 Å². The molecule has 0 saturated carbocycles. The van der Waals surface area contributed by atoms with Gasteiger partial charge in [0.25, 0.3) is 11.8 Å². The molecular formula is C56H49F6N5O4S. The fourth-order valence-corrected chi connectivity index (χ4v) is 8.90. The van der Waals surface area contributed by atoms with Gasteiger partial charge in [0.15, 0.2) is 5.11 Å². The third-order valence-electron chi connectivity index (χ3n) is 12.4. The first kappa shape index (κ1) is 50.7. The fourth-order valence-electron chi connectivity index (χ4n) is 8.67. The molecule has 7 aromatic carbocycles. The summed E-state index contributed by atoms with van der Waals surface area (Å²) in [6.45, 7) is 3.76. The van der Waals surface area contributed by atoms with Gasteiger partial charge in [0.1, 0.15) is 11.5 Å². The Balaban J connectivity index is 0.000000200. The summed E-state index contributed by atoms with van der Waals surface area (Å²) in [5, 5.41) is 13.2. The van der Waals surface area contributed by atoms with Crippen LogP contribution in [0.2, 0.25) is 0 Å². The number of ether oxygens (including phenoxy) is 2. The van der Waals surface area contributed by atoms with Crippen LogP contribution in [0.3, 0.4) is 0 Å². The average Bonchev–Trinajstić information content (AvgIpc) is 3.39. The Kier molecular flexibility index (Phi) is 15.6. The lowest BCUT2D eigenvalue weighted by molar-refractivity contribution is -0.138. The Bertz CT molecular complexity index is 3080. The summed E-state index contributed by atoms with van der Waals surface area (Å²) in [5.74, 6) is 0.0499. The highest BCUT2D eigenvalue weighted by Gasteiger charge is 2.32. The van der Waals surface area contributed by atoms with Crippen LogP contribution in [0, 0.1) is 0 Å².